The lowest BCUT2D eigenvalue weighted by Gasteiger charge is -2.27. The van der Waals surface area contributed by atoms with Gasteiger partial charge in [0.1, 0.15) is 17.3 Å². The molecule has 1 aliphatic heterocycles. The van der Waals surface area contributed by atoms with E-state index in [4.69, 9.17) is 0 Å². The maximum absolute atomic E-state index is 12.8. The van der Waals surface area contributed by atoms with Crippen LogP contribution >= 0.6 is 0 Å². The van der Waals surface area contributed by atoms with Gasteiger partial charge < -0.3 is 9.80 Å². The number of hydrogen-bond donors (Lipinski definition) is 0. The van der Waals surface area contributed by atoms with Crippen LogP contribution in [0, 0.1) is 6.92 Å². The van der Waals surface area contributed by atoms with Crippen LogP contribution in [0.25, 0.3) is 0 Å². The van der Waals surface area contributed by atoms with E-state index >= 15 is 0 Å². The number of hydrogen-bond acceptors (Lipinski definition) is 4. The Kier molecular flexibility index (Phi) is 5.08. The Morgan fingerprint density at radius 1 is 1.12 bits per heavy atom. The van der Waals surface area contributed by atoms with Crippen LogP contribution in [-0.2, 0) is 0 Å². The van der Waals surface area contributed by atoms with Crippen LogP contribution in [-0.4, -0.2) is 40.4 Å². The third kappa shape index (κ3) is 3.55. The zero-order valence-electron chi connectivity index (χ0n) is 14.4. The number of aryl methyl sites for hydroxylation is 1. The lowest BCUT2D eigenvalue weighted by molar-refractivity contribution is 0.0718. The quantitative estimate of drug-likeness (QED) is 0.863. The minimum Gasteiger partial charge on any atom is -0.337 e. The van der Waals surface area contributed by atoms with Crippen LogP contribution in [0.3, 0.4) is 0 Å². The number of amides is 1. The fourth-order valence-corrected chi connectivity index (χ4v) is 3.14. The third-order valence-corrected chi connectivity index (χ3v) is 4.35. The Bertz CT molecular complexity index is 696. The SMILES string of the molecule is CCN(c1ccccc1)c1cc(C(=O)N2CCCCC2)nc(C)n1. The van der Waals surface area contributed by atoms with Gasteiger partial charge in [0.2, 0.25) is 0 Å². The summed E-state index contributed by atoms with van der Waals surface area (Å²) in [6.45, 7) is 6.35. The molecule has 0 N–H and O–H groups in total. The first kappa shape index (κ1) is 16.4. The van der Waals surface area contributed by atoms with Crippen molar-refractivity contribution in [3.8, 4) is 0 Å². The molecule has 0 bridgehead atoms. The van der Waals surface area contributed by atoms with Crippen LogP contribution in [0.1, 0.15) is 42.5 Å². The first-order valence-corrected chi connectivity index (χ1v) is 8.66. The van der Waals surface area contributed by atoms with Gasteiger partial charge in [-0.15, -0.1) is 0 Å². The molecule has 1 aromatic carbocycles. The molecule has 0 atom stereocenters. The highest BCUT2D eigenvalue weighted by molar-refractivity contribution is 5.93. The summed E-state index contributed by atoms with van der Waals surface area (Å²) in [5, 5.41) is 0. The largest absolute Gasteiger partial charge is 0.337 e. The second-order valence-corrected chi connectivity index (χ2v) is 6.09. The molecule has 1 aromatic heterocycles. The standard InChI is InChI=1S/C19H24N4O/c1-3-23(16-10-6-4-7-11-16)18-14-17(20-15(2)21-18)19(24)22-12-8-5-9-13-22/h4,6-7,10-11,14H,3,5,8-9,12-13H2,1-2H3. The van der Waals surface area contributed by atoms with Crippen molar-refractivity contribution in [1.82, 2.24) is 14.9 Å². The smallest absolute Gasteiger partial charge is 0.272 e. The van der Waals surface area contributed by atoms with Gasteiger partial charge in [-0.25, -0.2) is 9.97 Å². The normalized spacial score (nSPS) is 14.5. The number of likely N-dealkylation sites (tertiary alicyclic amines) is 1. The molecule has 3 rings (SSSR count). The number of para-hydroxylation sites is 1. The number of nitrogens with zero attached hydrogens (tertiary/aromatic N) is 4. The number of rotatable bonds is 4. The number of anilines is 2. The molecule has 0 saturated carbocycles. The van der Waals surface area contributed by atoms with Crippen LogP contribution in [0.5, 0.6) is 0 Å². The van der Waals surface area contributed by atoms with Crippen molar-refractivity contribution in [2.75, 3.05) is 24.5 Å². The molecule has 5 nitrogen and oxygen atoms in total. The molecule has 2 heterocycles. The Hall–Kier alpha value is -2.43. The average Bonchev–Trinajstić information content (AvgIpc) is 2.63. The summed E-state index contributed by atoms with van der Waals surface area (Å²) in [7, 11) is 0. The average molecular weight is 324 g/mol. The summed E-state index contributed by atoms with van der Waals surface area (Å²) in [5.74, 6) is 1.42. The van der Waals surface area contributed by atoms with Crippen molar-refractivity contribution in [1.29, 1.82) is 0 Å². The molecular weight excluding hydrogens is 300 g/mol. The molecule has 1 fully saturated rings. The van der Waals surface area contributed by atoms with Gasteiger partial charge in [0.25, 0.3) is 5.91 Å². The lowest BCUT2D eigenvalue weighted by Crippen LogP contribution is -2.36. The monoisotopic (exact) mass is 324 g/mol. The Morgan fingerprint density at radius 3 is 2.50 bits per heavy atom. The first-order chi connectivity index (χ1) is 11.7. The molecule has 1 saturated heterocycles. The van der Waals surface area contributed by atoms with Gasteiger partial charge in [0.15, 0.2) is 0 Å². The van der Waals surface area contributed by atoms with Crippen LogP contribution in [0.4, 0.5) is 11.5 Å². The molecule has 126 valence electrons. The number of piperidine rings is 1. The fraction of sp³-hybridized carbons (Fsp3) is 0.421. The van der Waals surface area contributed by atoms with Gasteiger partial charge >= 0.3 is 0 Å². The summed E-state index contributed by atoms with van der Waals surface area (Å²) < 4.78 is 0. The highest BCUT2D eigenvalue weighted by Gasteiger charge is 2.21. The highest BCUT2D eigenvalue weighted by Crippen LogP contribution is 2.24. The van der Waals surface area contributed by atoms with Gasteiger partial charge in [0.05, 0.1) is 0 Å². The Balaban J connectivity index is 1.92. The molecule has 0 unspecified atom stereocenters. The first-order valence-electron chi connectivity index (χ1n) is 8.66. The summed E-state index contributed by atoms with van der Waals surface area (Å²) >= 11 is 0. The molecule has 1 aliphatic rings. The van der Waals surface area contributed by atoms with Crippen molar-refractivity contribution in [2.45, 2.75) is 33.1 Å². The minimum absolute atomic E-state index is 0.0190. The van der Waals surface area contributed by atoms with Crippen LogP contribution < -0.4 is 4.90 Å². The number of carbonyl (C=O) groups excluding carboxylic acids is 1. The summed E-state index contributed by atoms with van der Waals surface area (Å²) in [5.41, 5.74) is 1.56. The summed E-state index contributed by atoms with van der Waals surface area (Å²) in [6, 6.07) is 11.9. The van der Waals surface area contributed by atoms with E-state index in [1.807, 2.05) is 48.2 Å². The lowest BCUT2D eigenvalue weighted by atomic mass is 10.1. The van der Waals surface area contributed by atoms with Gasteiger partial charge in [-0.2, -0.15) is 0 Å². The maximum Gasteiger partial charge on any atom is 0.272 e. The number of benzene rings is 1. The van der Waals surface area contributed by atoms with Crippen molar-refractivity contribution in [3.05, 3.63) is 47.9 Å². The predicted molar refractivity (Wildman–Crippen MR) is 95.6 cm³/mol. The van der Waals surface area contributed by atoms with Gasteiger partial charge in [-0.3, -0.25) is 4.79 Å². The second kappa shape index (κ2) is 7.43. The molecule has 0 radical (unpaired) electrons. The van der Waals surface area contributed by atoms with E-state index in [1.165, 1.54) is 6.42 Å². The van der Waals surface area contributed by atoms with E-state index in [0.29, 0.717) is 11.5 Å². The van der Waals surface area contributed by atoms with Gasteiger partial charge in [0, 0.05) is 31.4 Å². The van der Waals surface area contributed by atoms with E-state index < -0.39 is 0 Å². The van der Waals surface area contributed by atoms with Crippen LogP contribution in [0.2, 0.25) is 0 Å². The number of carbonyl (C=O) groups is 1. The van der Waals surface area contributed by atoms with Gasteiger partial charge in [-0.1, -0.05) is 18.2 Å². The minimum atomic E-state index is 0.0190. The van der Waals surface area contributed by atoms with E-state index in [9.17, 15) is 4.79 Å². The molecular formula is C19H24N4O. The molecule has 5 heteroatoms. The predicted octanol–water partition coefficient (Wildman–Crippen LogP) is 3.57. The molecule has 0 aliphatic carbocycles. The number of aromatic nitrogens is 2. The van der Waals surface area contributed by atoms with E-state index in [2.05, 4.69) is 21.8 Å². The Morgan fingerprint density at radius 2 is 1.83 bits per heavy atom. The molecule has 2 aromatic rings. The molecule has 0 spiro atoms. The van der Waals surface area contributed by atoms with Crippen molar-refractivity contribution < 1.29 is 4.79 Å². The van der Waals surface area contributed by atoms with E-state index in [-0.39, 0.29) is 5.91 Å². The zero-order chi connectivity index (χ0) is 16.9. The summed E-state index contributed by atoms with van der Waals surface area (Å²) in [4.78, 5) is 25.7. The molecule has 1 amide bonds. The van der Waals surface area contributed by atoms with E-state index in [1.54, 1.807) is 0 Å². The Labute approximate surface area is 143 Å². The van der Waals surface area contributed by atoms with Crippen molar-refractivity contribution in [2.24, 2.45) is 0 Å². The van der Waals surface area contributed by atoms with Crippen molar-refractivity contribution >= 4 is 17.4 Å². The zero-order valence-corrected chi connectivity index (χ0v) is 14.4. The van der Waals surface area contributed by atoms with Gasteiger partial charge in [-0.05, 0) is 45.2 Å². The van der Waals surface area contributed by atoms with Crippen molar-refractivity contribution in [3.63, 3.8) is 0 Å². The van der Waals surface area contributed by atoms with E-state index in [0.717, 1.165) is 44.0 Å². The second-order valence-electron chi connectivity index (χ2n) is 6.09. The topological polar surface area (TPSA) is 49.3 Å². The highest BCUT2D eigenvalue weighted by atomic mass is 16.2. The fourth-order valence-electron chi connectivity index (χ4n) is 3.14. The maximum atomic E-state index is 12.8. The summed E-state index contributed by atoms with van der Waals surface area (Å²) in [6.07, 6.45) is 3.36. The third-order valence-electron chi connectivity index (χ3n) is 4.35. The molecule has 24 heavy (non-hydrogen) atoms. The van der Waals surface area contributed by atoms with Crippen LogP contribution in [0.15, 0.2) is 36.4 Å².